The third-order valence-electron chi connectivity index (χ3n) is 4.34. The van der Waals surface area contributed by atoms with Gasteiger partial charge in [-0.05, 0) is 36.8 Å². The lowest BCUT2D eigenvalue weighted by Gasteiger charge is -2.23. The van der Waals surface area contributed by atoms with Crippen molar-refractivity contribution >= 4 is 17.0 Å². The van der Waals surface area contributed by atoms with Crippen LogP contribution in [0.1, 0.15) is 24.3 Å². The first kappa shape index (κ1) is 16.9. The van der Waals surface area contributed by atoms with Crippen molar-refractivity contribution in [1.82, 2.24) is 10.2 Å². The molecule has 0 aliphatic heterocycles. The molecule has 3 aromatic rings. The number of methoxy groups -OCH3 is 1. The van der Waals surface area contributed by atoms with Crippen molar-refractivity contribution in [2.45, 2.75) is 19.5 Å². The van der Waals surface area contributed by atoms with Crippen LogP contribution in [0.4, 0.5) is 4.79 Å². The van der Waals surface area contributed by atoms with Gasteiger partial charge in [0, 0.05) is 19.0 Å². The average molecular weight is 338 g/mol. The normalized spacial score (nSPS) is 12.0. The zero-order valence-electron chi connectivity index (χ0n) is 14.7. The number of nitrogens with zero attached hydrogens (tertiary/aromatic N) is 1. The van der Waals surface area contributed by atoms with Crippen LogP contribution in [0.5, 0.6) is 5.75 Å². The Hall–Kier alpha value is -2.95. The number of para-hydroxylation sites is 1. The second-order valence-electron chi connectivity index (χ2n) is 5.98. The van der Waals surface area contributed by atoms with Gasteiger partial charge in [-0.1, -0.05) is 30.3 Å². The Bertz CT molecular complexity index is 839. The fourth-order valence-electron chi connectivity index (χ4n) is 2.66. The lowest BCUT2D eigenvalue weighted by Crippen LogP contribution is -2.38. The van der Waals surface area contributed by atoms with Crippen LogP contribution in [0.15, 0.2) is 59.0 Å². The first-order chi connectivity index (χ1) is 12.1. The predicted octanol–water partition coefficient (Wildman–Crippen LogP) is 4.34. The topological polar surface area (TPSA) is 54.7 Å². The van der Waals surface area contributed by atoms with Crippen molar-refractivity contribution in [1.29, 1.82) is 0 Å². The molecule has 0 aliphatic rings. The molecule has 25 heavy (non-hydrogen) atoms. The maximum atomic E-state index is 12.4. The number of hydrogen-bond acceptors (Lipinski definition) is 3. The van der Waals surface area contributed by atoms with Crippen molar-refractivity contribution in [3.8, 4) is 5.75 Å². The maximum absolute atomic E-state index is 12.4. The summed E-state index contributed by atoms with van der Waals surface area (Å²) < 4.78 is 11.1. The predicted molar refractivity (Wildman–Crippen MR) is 97.6 cm³/mol. The van der Waals surface area contributed by atoms with E-state index in [0.29, 0.717) is 6.54 Å². The largest absolute Gasteiger partial charge is 0.497 e. The van der Waals surface area contributed by atoms with Gasteiger partial charge in [0.2, 0.25) is 0 Å². The fourth-order valence-corrected chi connectivity index (χ4v) is 2.66. The highest BCUT2D eigenvalue weighted by Gasteiger charge is 2.20. The van der Waals surface area contributed by atoms with Gasteiger partial charge >= 0.3 is 6.03 Å². The van der Waals surface area contributed by atoms with Crippen molar-refractivity contribution in [3.05, 3.63) is 65.9 Å². The summed E-state index contributed by atoms with van der Waals surface area (Å²) in [6.45, 7) is 2.38. The molecule has 1 atom stereocenters. The maximum Gasteiger partial charge on any atom is 0.318 e. The molecular weight excluding hydrogens is 316 g/mol. The Morgan fingerprint density at radius 1 is 1.20 bits per heavy atom. The van der Waals surface area contributed by atoms with E-state index in [1.165, 1.54) is 0 Å². The Kier molecular flexibility index (Phi) is 4.93. The monoisotopic (exact) mass is 338 g/mol. The number of benzene rings is 2. The first-order valence-corrected chi connectivity index (χ1v) is 8.20. The average Bonchev–Trinajstić information content (AvgIpc) is 3.09. The van der Waals surface area contributed by atoms with Crippen LogP contribution in [0, 0.1) is 0 Å². The molecule has 1 N–H and O–H groups in total. The van der Waals surface area contributed by atoms with Gasteiger partial charge in [-0.3, -0.25) is 0 Å². The van der Waals surface area contributed by atoms with E-state index in [4.69, 9.17) is 9.15 Å². The summed E-state index contributed by atoms with van der Waals surface area (Å²) in [5.74, 6) is 1.54. The minimum absolute atomic E-state index is 0.157. The number of amides is 2. The van der Waals surface area contributed by atoms with E-state index < -0.39 is 0 Å². The molecule has 0 spiro atoms. The Balaban J connectivity index is 1.64. The quantitative estimate of drug-likeness (QED) is 0.753. The van der Waals surface area contributed by atoms with Crippen LogP contribution in [0.3, 0.4) is 0 Å². The summed E-state index contributed by atoms with van der Waals surface area (Å²) >= 11 is 0. The van der Waals surface area contributed by atoms with Crippen molar-refractivity contribution < 1.29 is 13.9 Å². The number of rotatable bonds is 5. The van der Waals surface area contributed by atoms with Crippen molar-refractivity contribution in [2.75, 3.05) is 14.2 Å². The highest BCUT2D eigenvalue weighted by molar-refractivity contribution is 5.78. The Morgan fingerprint density at radius 2 is 2.00 bits per heavy atom. The van der Waals surface area contributed by atoms with E-state index in [9.17, 15) is 4.79 Å². The van der Waals surface area contributed by atoms with Crippen LogP contribution in [-0.4, -0.2) is 25.1 Å². The lowest BCUT2D eigenvalue weighted by atomic mass is 10.2. The minimum Gasteiger partial charge on any atom is -0.497 e. The van der Waals surface area contributed by atoms with E-state index >= 15 is 0 Å². The summed E-state index contributed by atoms with van der Waals surface area (Å²) in [4.78, 5) is 14.1. The summed E-state index contributed by atoms with van der Waals surface area (Å²) in [6, 6.07) is 17.1. The molecule has 3 rings (SSSR count). The zero-order valence-corrected chi connectivity index (χ0v) is 14.7. The third-order valence-corrected chi connectivity index (χ3v) is 4.34. The van der Waals surface area contributed by atoms with E-state index in [1.54, 1.807) is 19.1 Å². The van der Waals surface area contributed by atoms with Crippen LogP contribution in [-0.2, 0) is 6.54 Å². The molecule has 1 heterocycles. The van der Waals surface area contributed by atoms with E-state index in [-0.39, 0.29) is 12.1 Å². The molecule has 2 amide bonds. The number of urea groups is 1. The number of ether oxygens (including phenoxy) is 1. The van der Waals surface area contributed by atoms with Crippen molar-refractivity contribution in [3.63, 3.8) is 0 Å². The third kappa shape index (κ3) is 3.76. The van der Waals surface area contributed by atoms with E-state index in [0.717, 1.165) is 28.0 Å². The zero-order chi connectivity index (χ0) is 17.8. The van der Waals surface area contributed by atoms with Gasteiger partial charge in [0.05, 0.1) is 13.2 Å². The molecule has 2 aromatic carbocycles. The molecule has 0 aliphatic carbocycles. The highest BCUT2D eigenvalue weighted by atomic mass is 16.5. The van der Waals surface area contributed by atoms with Crippen LogP contribution in [0.25, 0.3) is 11.0 Å². The van der Waals surface area contributed by atoms with Crippen LogP contribution >= 0.6 is 0 Å². The molecule has 0 radical (unpaired) electrons. The number of furan rings is 1. The SMILES string of the molecule is COc1cccc(CNC(=O)N(C)C(C)c2cc3ccccc3o2)c1. The number of hydrogen-bond donors (Lipinski definition) is 1. The van der Waals surface area contributed by atoms with Gasteiger partial charge in [-0.15, -0.1) is 0 Å². The molecule has 1 aromatic heterocycles. The first-order valence-electron chi connectivity index (χ1n) is 8.20. The van der Waals surface area contributed by atoms with Crippen molar-refractivity contribution in [2.24, 2.45) is 0 Å². The standard InChI is InChI=1S/C20H22N2O3/c1-14(19-12-16-8-4-5-10-18(16)25-19)22(2)20(23)21-13-15-7-6-9-17(11-15)24-3/h4-12,14H,13H2,1-3H3,(H,21,23). The van der Waals surface area contributed by atoms with Gasteiger partial charge in [0.15, 0.2) is 0 Å². The number of carbonyl (C=O) groups is 1. The highest BCUT2D eigenvalue weighted by Crippen LogP contribution is 2.26. The summed E-state index contributed by atoms with van der Waals surface area (Å²) in [6.07, 6.45) is 0. The van der Waals surface area contributed by atoms with Gasteiger partial charge in [-0.2, -0.15) is 0 Å². The number of fused-ring (bicyclic) bond motifs is 1. The van der Waals surface area contributed by atoms with E-state index in [2.05, 4.69) is 5.32 Å². The van der Waals surface area contributed by atoms with Crippen LogP contribution < -0.4 is 10.1 Å². The molecule has 0 bridgehead atoms. The molecule has 0 saturated heterocycles. The Labute approximate surface area is 147 Å². The smallest absolute Gasteiger partial charge is 0.318 e. The van der Waals surface area contributed by atoms with Gasteiger partial charge in [0.25, 0.3) is 0 Å². The molecule has 130 valence electrons. The van der Waals surface area contributed by atoms with Gasteiger partial charge < -0.3 is 19.4 Å². The van der Waals surface area contributed by atoms with Gasteiger partial charge in [0.1, 0.15) is 17.1 Å². The second kappa shape index (κ2) is 7.30. The number of carbonyl (C=O) groups excluding carboxylic acids is 1. The number of nitrogens with one attached hydrogen (secondary N) is 1. The van der Waals surface area contributed by atoms with Crippen LogP contribution in [0.2, 0.25) is 0 Å². The molecular formula is C20H22N2O3. The molecule has 5 nitrogen and oxygen atoms in total. The summed E-state index contributed by atoms with van der Waals surface area (Å²) in [5, 5.41) is 3.96. The second-order valence-corrected chi connectivity index (χ2v) is 5.98. The Morgan fingerprint density at radius 3 is 2.76 bits per heavy atom. The molecule has 1 unspecified atom stereocenters. The minimum atomic E-state index is -0.169. The molecule has 0 fully saturated rings. The lowest BCUT2D eigenvalue weighted by molar-refractivity contribution is 0.187. The summed E-state index contributed by atoms with van der Waals surface area (Å²) in [7, 11) is 3.39. The fraction of sp³-hybridized carbons (Fsp3) is 0.250. The molecule has 0 saturated carbocycles. The molecule has 5 heteroatoms. The summed E-state index contributed by atoms with van der Waals surface area (Å²) in [5.41, 5.74) is 1.81. The van der Waals surface area contributed by atoms with E-state index in [1.807, 2.05) is 61.5 Å². The van der Waals surface area contributed by atoms with Gasteiger partial charge in [-0.25, -0.2) is 4.79 Å².